The Hall–Kier alpha value is -0.940. The van der Waals surface area contributed by atoms with Crippen LogP contribution < -0.4 is 5.32 Å². The summed E-state index contributed by atoms with van der Waals surface area (Å²) in [5.74, 6) is 2.03. The molecule has 0 atom stereocenters. The summed E-state index contributed by atoms with van der Waals surface area (Å²) in [6.45, 7) is 7.83. The quantitative estimate of drug-likeness (QED) is 0.655. The van der Waals surface area contributed by atoms with Gasteiger partial charge in [0.15, 0.2) is 5.82 Å². The van der Waals surface area contributed by atoms with Crippen LogP contribution in [0.1, 0.15) is 31.9 Å². The molecule has 1 aromatic rings. The van der Waals surface area contributed by atoms with E-state index in [4.69, 9.17) is 4.74 Å². The van der Waals surface area contributed by atoms with Gasteiger partial charge in [-0.05, 0) is 13.0 Å². The van der Waals surface area contributed by atoms with Crippen molar-refractivity contribution in [3.63, 3.8) is 0 Å². The van der Waals surface area contributed by atoms with Gasteiger partial charge < -0.3 is 10.1 Å². The molecule has 0 saturated heterocycles. The normalized spacial score (nSPS) is 11.0. The molecule has 0 saturated carbocycles. The summed E-state index contributed by atoms with van der Waals surface area (Å²) in [6, 6.07) is 0. The number of aromatic nitrogens is 3. The number of ether oxygens (including phenoxy) is 1. The van der Waals surface area contributed by atoms with Gasteiger partial charge in [0, 0.05) is 33.1 Å². The van der Waals surface area contributed by atoms with Gasteiger partial charge in [0.1, 0.15) is 5.82 Å². The maximum atomic E-state index is 4.99. The Bertz CT molecular complexity index is 311. The minimum atomic E-state index is 0.816. The van der Waals surface area contributed by atoms with E-state index in [-0.39, 0.29) is 0 Å². The van der Waals surface area contributed by atoms with Crippen molar-refractivity contribution in [2.24, 2.45) is 0 Å². The van der Waals surface area contributed by atoms with Crippen LogP contribution in [0.5, 0.6) is 0 Å². The first-order valence-corrected chi connectivity index (χ1v) is 6.44. The van der Waals surface area contributed by atoms with Crippen LogP contribution in [0, 0.1) is 0 Å². The molecule has 1 N–H and O–H groups in total. The van der Waals surface area contributed by atoms with Crippen LogP contribution in [0.15, 0.2) is 0 Å². The molecule has 1 aromatic heterocycles. The number of aryl methyl sites for hydroxylation is 2. The topological polar surface area (TPSA) is 52.0 Å². The minimum absolute atomic E-state index is 0.816. The van der Waals surface area contributed by atoms with Crippen LogP contribution in [0.3, 0.4) is 0 Å². The summed E-state index contributed by atoms with van der Waals surface area (Å²) >= 11 is 0. The molecule has 0 aliphatic carbocycles. The number of nitrogens with zero attached hydrogens (tertiary/aromatic N) is 3. The first-order chi connectivity index (χ1) is 8.31. The smallest absolute Gasteiger partial charge is 0.150 e. The van der Waals surface area contributed by atoms with Gasteiger partial charge in [0.2, 0.25) is 0 Å². The second kappa shape index (κ2) is 8.20. The summed E-state index contributed by atoms with van der Waals surface area (Å²) < 4.78 is 7.01. The van der Waals surface area contributed by atoms with E-state index in [2.05, 4.69) is 29.2 Å². The van der Waals surface area contributed by atoms with Crippen LogP contribution in [0.4, 0.5) is 0 Å². The molecule has 17 heavy (non-hydrogen) atoms. The van der Waals surface area contributed by atoms with Crippen molar-refractivity contribution in [3.8, 4) is 0 Å². The van der Waals surface area contributed by atoms with Crippen LogP contribution >= 0.6 is 0 Å². The average Bonchev–Trinajstić information content (AvgIpc) is 2.76. The molecular weight excluding hydrogens is 216 g/mol. The maximum Gasteiger partial charge on any atom is 0.150 e. The molecule has 1 heterocycles. The van der Waals surface area contributed by atoms with E-state index in [1.54, 1.807) is 7.11 Å². The largest absolute Gasteiger partial charge is 0.385 e. The van der Waals surface area contributed by atoms with E-state index in [9.17, 15) is 0 Å². The Morgan fingerprint density at radius 3 is 2.71 bits per heavy atom. The lowest BCUT2D eigenvalue weighted by Crippen LogP contribution is -2.23. The number of methoxy groups -OCH3 is 1. The van der Waals surface area contributed by atoms with Crippen molar-refractivity contribution in [2.75, 3.05) is 26.8 Å². The second-order valence-corrected chi connectivity index (χ2v) is 3.97. The van der Waals surface area contributed by atoms with E-state index in [0.29, 0.717) is 0 Å². The predicted octanol–water partition coefficient (Wildman–Crippen LogP) is 1.03. The van der Waals surface area contributed by atoms with Crippen molar-refractivity contribution in [1.82, 2.24) is 20.1 Å². The highest BCUT2D eigenvalue weighted by Gasteiger charge is 2.05. The molecule has 0 fully saturated rings. The van der Waals surface area contributed by atoms with Gasteiger partial charge in [-0.1, -0.05) is 13.8 Å². The molecule has 0 spiro atoms. The van der Waals surface area contributed by atoms with Crippen LogP contribution in [0.25, 0.3) is 0 Å². The molecule has 5 nitrogen and oxygen atoms in total. The molecular formula is C12H24N4O. The maximum absolute atomic E-state index is 4.99. The molecule has 1 rings (SSSR count). The highest BCUT2D eigenvalue weighted by Crippen LogP contribution is 2.00. The van der Waals surface area contributed by atoms with Crippen LogP contribution in [0.2, 0.25) is 0 Å². The zero-order chi connectivity index (χ0) is 12.5. The van der Waals surface area contributed by atoms with E-state index >= 15 is 0 Å². The van der Waals surface area contributed by atoms with E-state index in [1.165, 1.54) is 0 Å². The average molecular weight is 240 g/mol. The van der Waals surface area contributed by atoms with Gasteiger partial charge in [-0.15, -0.1) is 0 Å². The third-order valence-electron chi connectivity index (χ3n) is 2.63. The SMILES string of the molecule is CCc1nc(CC)n(CCNCCCOC)n1. The van der Waals surface area contributed by atoms with Crippen molar-refractivity contribution >= 4 is 0 Å². The summed E-state index contributed by atoms with van der Waals surface area (Å²) in [5.41, 5.74) is 0. The lowest BCUT2D eigenvalue weighted by molar-refractivity contribution is 0.194. The van der Waals surface area contributed by atoms with E-state index in [1.807, 2.05) is 4.68 Å². The van der Waals surface area contributed by atoms with Crippen molar-refractivity contribution in [2.45, 2.75) is 39.7 Å². The lowest BCUT2D eigenvalue weighted by atomic mass is 10.4. The lowest BCUT2D eigenvalue weighted by Gasteiger charge is -2.06. The zero-order valence-electron chi connectivity index (χ0n) is 11.2. The fourth-order valence-corrected chi connectivity index (χ4v) is 1.67. The Kier molecular flexibility index (Phi) is 6.81. The highest BCUT2D eigenvalue weighted by molar-refractivity contribution is 4.92. The van der Waals surface area contributed by atoms with E-state index in [0.717, 1.165) is 57.2 Å². The van der Waals surface area contributed by atoms with E-state index < -0.39 is 0 Å². The Morgan fingerprint density at radius 2 is 2.06 bits per heavy atom. The third kappa shape index (κ3) is 4.83. The summed E-state index contributed by atoms with van der Waals surface area (Å²) in [7, 11) is 1.73. The van der Waals surface area contributed by atoms with Crippen LogP contribution in [-0.2, 0) is 24.1 Å². The van der Waals surface area contributed by atoms with Crippen molar-refractivity contribution in [3.05, 3.63) is 11.6 Å². The number of hydrogen-bond donors (Lipinski definition) is 1. The monoisotopic (exact) mass is 240 g/mol. The molecule has 98 valence electrons. The molecule has 0 radical (unpaired) electrons. The summed E-state index contributed by atoms with van der Waals surface area (Å²) in [4.78, 5) is 4.48. The molecule has 0 aromatic carbocycles. The molecule has 5 heteroatoms. The molecule has 0 unspecified atom stereocenters. The van der Waals surface area contributed by atoms with Gasteiger partial charge in [-0.2, -0.15) is 5.10 Å². The minimum Gasteiger partial charge on any atom is -0.385 e. The third-order valence-corrected chi connectivity index (χ3v) is 2.63. The molecule has 0 bridgehead atoms. The van der Waals surface area contributed by atoms with Gasteiger partial charge in [0.25, 0.3) is 0 Å². The van der Waals surface area contributed by atoms with Crippen molar-refractivity contribution in [1.29, 1.82) is 0 Å². The number of rotatable bonds is 9. The molecule has 0 aliphatic heterocycles. The fraction of sp³-hybridized carbons (Fsp3) is 0.833. The second-order valence-electron chi connectivity index (χ2n) is 3.97. The standard InChI is InChI=1S/C12H24N4O/c1-4-11-14-12(5-2)16(15-11)9-8-13-7-6-10-17-3/h13H,4-10H2,1-3H3. The summed E-state index contributed by atoms with van der Waals surface area (Å²) in [5, 5.41) is 7.85. The van der Waals surface area contributed by atoms with Crippen LogP contribution in [-0.4, -0.2) is 41.6 Å². The summed E-state index contributed by atoms with van der Waals surface area (Å²) in [6.07, 6.45) is 2.90. The number of nitrogens with one attached hydrogen (secondary N) is 1. The van der Waals surface area contributed by atoms with Gasteiger partial charge in [-0.25, -0.2) is 9.67 Å². The number of hydrogen-bond acceptors (Lipinski definition) is 4. The highest BCUT2D eigenvalue weighted by atomic mass is 16.5. The first-order valence-electron chi connectivity index (χ1n) is 6.44. The predicted molar refractivity (Wildman–Crippen MR) is 68.1 cm³/mol. The van der Waals surface area contributed by atoms with Crippen molar-refractivity contribution < 1.29 is 4.74 Å². The molecule has 0 aliphatic rings. The Balaban J connectivity index is 2.28. The Labute approximate surface area is 104 Å². The molecule has 0 amide bonds. The van der Waals surface area contributed by atoms with Gasteiger partial charge in [0.05, 0.1) is 6.54 Å². The zero-order valence-corrected chi connectivity index (χ0v) is 11.2. The Morgan fingerprint density at radius 1 is 1.24 bits per heavy atom. The van der Waals surface area contributed by atoms with Gasteiger partial charge in [-0.3, -0.25) is 0 Å². The first kappa shape index (κ1) is 14.1. The fourth-order valence-electron chi connectivity index (χ4n) is 1.67. The van der Waals surface area contributed by atoms with Gasteiger partial charge >= 0.3 is 0 Å².